The summed E-state index contributed by atoms with van der Waals surface area (Å²) in [4.78, 5) is 16.0. The third kappa shape index (κ3) is 1.70. The number of nitrogens with two attached hydrogens (primary N) is 1. The third-order valence-electron chi connectivity index (χ3n) is 2.71. The van der Waals surface area contributed by atoms with Crippen LogP contribution in [0.4, 0.5) is 5.82 Å². The summed E-state index contributed by atoms with van der Waals surface area (Å²) in [5.41, 5.74) is 5.72. The Kier molecular flexibility index (Phi) is 2.40. The average Bonchev–Trinajstić information content (AvgIpc) is 2.17. The van der Waals surface area contributed by atoms with E-state index in [-0.39, 0.29) is 17.0 Å². The van der Waals surface area contributed by atoms with Crippen LogP contribution in [-0.4, -0.2) is 23.9 Å². The highest BCUT2D eigenvalue weighted by Gasteiger charge is 2.40. The molecule has 0 aromatic carbocycles. The molecule has 5 heteroatoms. The molecule has 0 unspecified atom stereocenters. The first-order chi connectivity index (χ1) is 7.03. The van der Waals surface area contributed by atoms with Crippen molar-refractivity contribution < 1.29 is 4.79 Å². The van der Waals surface area contributed by atoms with E-state index in [9.17, 15) is 4.79 Å². The number of halogens is 1. The molecule has 1 aliphatic rings. The lowest BCUT2D eigenvalue weighted by Gasteiger charge is -2.37. The van der Waals surface area contributed by atoms with E-state index >= 15 is 0 Å². The van der Waals surface area contributed by atoms with Crippen LogP contribution >= 0.6 is 11.6 Å². The summed E-state index contributed by atoms with van der Waals surface area (Å²) in [5.74, 6) is 0.256. The van der Waals surface area contributed by atoms with Crippen molar-refractivity contribution in [3.63, 3.8) is 0 Å². The number of hydrogen-bond donors (Lipinski definition) is 2. The fourth-order valence-corrected chi connectivity index (χ4v) is 1.78. The van der Waals surface area contributed by atoms with Crippen LogP contribution in [0.5, 0.6) is 0 Å². The number of pyridine rings is 1. The Morgan fingerprint density at radius 3 is 2.87 bits per heavy atom. The molecule has 80 valence electrons. The van der Waals surface area contributed by atoms with Gasteiger partial charge < -0.3 is 11.1 Å². The predicted octanol–water partition coefficient (Wildman–Crippen LogP) is 1.11. The van der Waals surface area contributed by atoms with Crippen molar-refractivity contribution in [1.29, 1.82) is 0 Å². The Hall–Kier alpha value is -1.13. The largest absolute Gasteiger partial charge is 0.383 e. The second-order valence-corrected chi connectivity index (χ2v) is 4.52. The maximum atomic E-state index is 12.1. The number of rotatable bonds is 2. The van der Waals surface area contributed by atoms with Gasteiger partial charge in [0.2, 0.25) is 0 Å². The number of aromatic nitrogens is 1. The molecule has 0 radical (unpaired) electrons. The summed E-state index contributed by atoms with van der Waals surface area (Å²) in [6, 6.07) is 1.58. The monoisotopic (exact) mass is 225 g/mol. The molecule has 0 bridgehead atoms. The van der Waals surface area contributed by atoms with Gasteiger partial charge in [-0.2, -0.15) is 0 Å². The second kappa shape index (κ2) is 3.47. The molecule has 1 aliphatic heterocycles. The lowest BCUT2D eigenvalue weighted by Crippen LogP contribution is -2.56. The van der Waals surface area contributed by atoms with Gasteiger partial charge in [0.15, 0.2) is 5.78 Å². The van der Waals surface area contributed by atoms with Crippen LogP contribution < -0.4 is 11.1 Å². The molecule has 2 rings (SSSR count). The van der Waals surface area contributed by atoms with Crippen LogP contribution in [0.15, 0.2) is 12.3 Å². The maximum Gasteiger partial charge on any atom is 0.175 e. The molecule has 1 saturated heterocycles. The zero-order chi connectivity index (χ0) is 11.1. The van der Waals surface area contributed by atoms with Gasteiger partial charge in [0, 0.05) is 19.3 Å². The van der Waals surface area contributed by atoms with Crippen molar-refractivity contribution in [3.05, 3.63) is 22.8 Å². The highest BCUT2D eigenvalue weighted by molar-refractivity contribution is 6.31. The smallest absolute Gasteiger partial charge is 0.175 e. The van der Waals surface area contributed by atoms with Crippen molar-refractivity contribution in [2.45, 2.75) is 6.92 Å². The lowest BCUT2D eigenvalue weighted by atomic mass is 9.77. The zero-order valence-electron chi connectivity index (χ0n) is 8.38. The number of nitrogen functional groups attached to an aromatic ring is 1. The van der Waals surface area contributed by atoms with E-state index in [4.69, 9.17) is 17.3 Å². The van der Waals surface area contributed by atoms with Crippen LogP contribution in [-0.2, 0) is 0 Å². The standard InChI is InChI=1S/C10H12ClN3O/c1-10(4-13-5-10)8(15)7-2-6(11)3-14-9(7)12/h2-3,13H,4-5H2,1H3,(H2,12,14). The van der Waals surface area contributed by atoms with Crippen molar-refractivity contribution >= 4 is 23.2 Å². The van der Waals surface area contributed by atoms with E-state index in [0.29, 0.717) is 23.7 Å². The average molecular weight is 226 g/mol. The summed E-state index contributed by atoms with van der Waals surface area (Å²) < 4.78 is 0. The van der Waals surface area contributed by atoms with E-state index in [1.807, 2.05) is 6.92 Å². The highest BCUT2D eigenvalue weighted by atomic mass is 35.5. The van der Waals surface area contributed by atoms with Gasteiger partial charge >= 0.3 is 0 Å². The van der Waals surface area contributed by atoms with E-state index in [0.717, 1.165) is 0 Å². The van der Waals surface area contributed by atoms with Crippen molar-refractivity contribution in [2.24, 2.45) is 5.41 Å². The first-order valence-corrected chi connectivity index (χ1v) is 5.07. The van der Waals surface area contributed by atoms with Crippen LogP contribution in [0.25, 0.3) is 0 Å². The van der Waals surface area contributed by atoms with E-state index in [2.05, 4.69) is 10.3 Å². The van der Waals surface area contributed by atoms with Crippen LogP contribution in [0, 0.1) is 5.41 Å². The molecule has 15 heavy (non-hydrogen) atoms. The van der Waals surface area contributed by atoms with Gasteiger partial charge in [-0.25, -0.2) is 4.98 Å². The quantitative estimate of drug-likeness (QED) is 0.740. The third-order valence-corrected chi connectivity index (χ3v) is 2.91. The number of anilines is 1. The maximum absolute atomic E-state index is 12.1. The van der Waals surface area contributed by atoms with Gasteiger partial charge in [-0.1, -0.05) is 11.6 Å². The number of carbonyl (C=O) groups is 1. The molecule has 2 heterocycles. The first kappa shape index (κ1) is 10.4. The number of nitrogens with one attached hydrogen (secondary N) is 1. The topological polar surface area (TPSA) is 68.0 Å². The molecule has 0 spiro atoms. The normalized spacial score (nSPS) is 18.3. The van der Waals surface area contributed by atoms with Crippen LogP contribution in [0.2, 0.25) is 5.02 Å². The number of carbonyl (C=O) groups excluding carboxylic acids is 1. The molecule has 0 saturated carbocycles. The Bertz CT molecular complexity index is 415. The zero-order valence-corrected chi connectivity index (χ0v) is 9.14. The first-order valence-electron chi connectivity index (χ1n) is 4.69. The Balaban J connectivity index is 2.36. The fraction of sp³-hybridized carbons (Fsp3) is 0.400. The van der Waals surface area contributed by atoms with Crippen LogP contribution in [0.3, 0.4) is 0 Å². The molecule has 4 nitrogen and oxygen atoms in total. The Morgan fingerprint density at radius 2 is 2.33 bits per heavy atom. The van der Waals surface area contributed by atoms with Crippen molar-refractivity contribution in [1.82, 2.24) is 10.3 Å². The summed E-state index contributed by atoms with van der Waals surface area (Å²) in [5, 5.41) is 3.51. The van der Waals surface area contributed by atoms with E-state index < -0.39 is 0 Å². The van der Waals surface area contributed by atoms with Gasteiger partial charge in [-0.3, -0.25) is 4.79 Å². The van der Waals surface area contributed by atoms with Crippen molar-refractivity contribution in [2.75, 3.05) is 18.8 Å². The highest BCUT2D eigenvalue weighted by Crippen LogP contribution is 2.29. The molecule has 1 aromatic heterocycles. The van der Waals surface area contributed by atoms with E-state index in [1.165, 1.54) is 6.20 Å². The molecular weight excluding hydrogens is 214 g/mol. The summed E-state index contributed by atoms with van der Waals surface area (Å²) in [6.07, 6.45) is 1.44. The summed E-state index contributed by atoms with van der Waals surface area (Å²) >= 11 is 5.79. The minimum atomic E-state index is -0.361. The molecule has 0 atom stereocenters. The van der Waals surface area contributed by atoms with Gasteiger partial charge in [-0.05, 0) is 13.0 Å². The van der Waals surface area contributed by atoms with Crippen molar-refractivity contribution in [3.8, 4) is 0 Å². The molecule has 0 amide bonds. The fourth-order valence-electron chi connectivity index (χ4n) is 1.62. The molecule has 0 aliphatic carbocycles. The minimum Gasteiger partial charge on any atom is -0.383 e. The van der Waals surface area contributed by atoms with Gasteiger partial charge in [0.05, 0.1) is 16.0 Å². The summed E-state index contributed by atoms with van der Waals surface area (Å²) in [7, 11) is 0. The lowest BCUT2D eigenvalue weighted by molar-refractivity contribution is 0.0722. The van der Waals surface area contributed by atoms with Gasteiger partial charge in [0.1, 0.15) is 5.82 Å². The minimum absolute atomic E-state index is 0.00810. The van der Waals surface area contributed by atoms with Gasteiger partial charge in [0.25, 0.3) is 0 Å². The summed E-state index contributed by atoms with van der Waals surface area (Å²) in [6.45, 7) is 3.27. The van der Waals surface area contributed by atoms with Gasteiger partial charge in [-0.15, -0.1) is 0 Å². The number of ketones is 1. The van der Waals surface area contributed by atoms with E-state index in [1.54, 1.807) is 6.07 Å². The Morgan fingerprint density at radius 1 is 1.67 bits per heavy atom. The molecule has 1 fully saturated rings. The second-order valence-electron chi connectivity index (χ2n) is 4.08. The number of nitrogens with zero attached hydrogens (tertiary/aromatic N) is 1. The molecule has 1 aromatic rings. The number of hydrogen-bond acceptors (Lipinski definition) is 4. The predicted molar refractivity (Wildman–Crippen MR) is 59.0 cm³/mol. The SMILES string of the molecule is CC1(C(=O)c2cc(Cl)cnc2N)CNC1. The molecular formula is C10H12ClN3O. The molecule has 3 N–H and O–H groups in total. The van der Waals surface area contributed by atoms with Crippen LogP contribution in [0.1, 0.15) is 17.3 Å². The Labute approximate surface area is 92.8 Å². The number of Topliss-reactive ketones (excluding diaryl/α,β-unsaturated/α-hetero) is 1.